The van der Waals surface area contributed by atoms with Crippen molar-refractivity contribution in [2.24, 2.45) is 0 Å². The maximum absolute atomic E-state index is 5.05. The third-order valence-corrected chi connectivity index (χ3v) is 2.21. The standard InChI is InChI=1S/C11H11N3S/c1-8-6-11(15)14-10(13-8)7-9-4-2-3-5-12-9/h2-6H,7H2,1H3,(H,13,14,15). The Morgan fingerprint density at radius 3 is 2.93 bits per heavy atom. The summed E-state index contributed by atoms with van der Waals surface area (Å²) in [4.78, 5) is 11.7. The molecular weight excluding hydrogens is 206 g/mol. The lowest BCUT2D eigenvalue weighted by Gasteiger charge is -2.01. The largest absolute Gasteiger partial charge is 0.347 e. The van der Waals surface area contributed by atoms with Crippen molar-refractivity contribution in [3.63, 3.8) is 0 Å². The second kappa shape index (κ2) is 4.31. The number of pyridine rings is 1. The highest BCUT2D eigenvalue weighted by Gasteiger charge is 1.99. The number of aryl methyl sites for hydroxylation is 1. The molecule has 4 heteroatoms. The number of hydrogen-bond acceptors (Lipinski definition) is 3. The van der Waals surface area contributed by atoms with E-state index in [9.17, 15) is 0 Å². The van der Waals surface area contributed by atoms with Crippen molar-refractivity contribution in [1.82, 2.24) is 15.0 Å². The van der Waals surface area contributed by atoms with Gasteiger partial charge in [-0.25, -0.2) is 4.98 Å². The van der Waals surface area contributed by atoms with Gasteiger partial charge in [-0.3, -0.25) is 4.98 Å². The first-order valence-electron chi connectivity index (χ1n) is 4.71. The fraction of sp³-hybridized carbons (Fsp3) is 0.182. The van der Waals surface area contributed by atoms with Crippen molar-refractivity contribution < 1.29 is 0 Å². The van der Waals surface area contributed by atoms with Gasteiger partial charge in [-0.15, -0.1) is 0 Å². The predicted octanol–water partition coefficient (Wildman–Crippen LogP) is 2.43. The van der Waals surface area contributed by atoms with Crippen LogP contribution in [-0.2, 0) is 6.42 Å². The fourth-order valence-corrected chi connectivity index (χ4v) is 1.69. The van der Waals surface area contributed by atoms with Crippen LogP contribution in [0.2, 0.25) is 0 Å². The van der Waals surface area contributed by atoms with Gasteiger partial charge in [-0.1, -0.05) is 18.3 Å². The summed E-state index contributed by atoms with van der Waals surface area (Å²) in [5.41, 5.74) is 2.02. The molecule has 1 N–H and O–H groups in total. The molecule has 0 unspecified atom stereocenters. The zero-order chi connectivity index (χ0) is 10.7. The lowest BCUT2D eigenvalue weighted by Crippen LogP contribution is -1.99. The van der Waals surface area contributed by atoms with Crippen molar-refractivity contribution in [1.29, 1.82) is 0 Å². The van der Waals surface area contributed by atoms with Gasteiger partial charge in [0, 0.05) is 24.0 Å². The number of rotatable bonds is 2. The van der Waals surface area contributed by atoms with E-state index in [0.29, 0.717) is 11.1 Å². The first-order chi connectivity index (χ1) is 7.24. The molecule has 0 radical (unpaired) electrons. The van der Waals surface area contributed by atoms with Crippen LogP contribution in [0.15, 0.2) is 30.5 Å². The molecule has 0 aromatic carbocycles. The molecule has 76 valence electrons. The summed E-state index contributed by atoms with van der Waals surface area (Å²) in [7, 11) is 0. The second-order valence-electron chi connectivity index (χ2n) is 3.35. The highest BCUT2D eigenvalue weighted by molar-refractivity contribution is 7.71. The molecule has 0 atom stereocenters. The van der Waals surface area contributed by atoms with E-state index in [2.05, 4.69) is 15.0 Å². The van der Waals surface area contributed by atoms with Gasteiger partial charge in [0.2, 0.25) is 0 Å². The Morgan fingerprint density at radius 1 is 1.40 bits per heavy atom. The van der Waals surface area contributed by atoms with Crippen molar-refractivity contribution in [3.8, 4) is 0 Å². The van der Waals surface area contributed by atoms with Gasteiger partial charge in [0.05, 0.1) is 0 Å². The minimum atomic E-state index is 0.622. The van der Waals surface area contributed by atoms with E-state index >= 15 is 0 Å². The smallest absolute Gasteiger partial charge is 0.129 e. The first-order valence-corrected chi connectivity index (χ1v) is 5.11. The van der Waals surface area contributed by atoms with Gasteiger partial charge in [-0.05, 0) is 25.1 Å². The molecule has 0 spiro atoms. The molecule has 2 heterocycles. The molecule has 0 saturated heterocycles. The average molecular weight is 217 g/mol. The maximum Gasteiger partial charge on any atom is 0.129 e. The molecular formula is C11H11N3S. The van der Waals surface area contributed by atoms with Crippen LogP contribution >= 0.6 is 12.2 Å². The van der Waals surface area contributed by atoms with Gasteiger partial charge in [-0.2, -0.15) is 0 Å². The lowest BCUT2D eigenvalue weighted by atomic mass is 10.2. The van der Waals surface area contributed by atoms with Crippen LogP contribution in [0.1, 0.15) is 17.2 Å². The highest BCUT2D eigenvalue weighted by Crippen LogP contribution is 2.03. The van der Waals surface area contributed by atoms with Crippen LogP contribution in [0.4, 0.5) is 0 Å². The number of H-pyrrole nitrogens is 1. The number of nitrogens with one attached hydrogen (secondary N) is 1. The number of aromatic nitrogens is 3. The Morgan fingerprint density at radius 2 is 2.27 bits per heavy atom. The summed E-state index contributed by atoms with van der Waals surface area (Å²) in [5, 5.41) is 0. The summed E-state index contributed by atoms with van der Waals surface area (Å²) < 4.78 is 0.622. The first kappa shape index (κ1) is 9.98. The van der Waals surface area contributed by atoms with E-state index in [-0.39, 0.29) is 0 Å². The molecule has 0 bridgehead atoms. The molecule has 0 saturated carbocycles. The van der Waals surface area contributed by atoms with Crippen LogP contribution < -0.4 is 0 Å². The summed E-state index contributed by atoms with van der Waals surface area (Å²) in [5.74, 6) is 0.860. The minimum Gasteiger partial charge on any atom is -0.347 e. The molecule has 2 aromatic heterocycles. The Balaban J connectivity index is 2.29. The van der Waals surface area contributed by atoms with Gasteiger partial charge in [0.15, 0.2) is 0 Å². The maximum atomic E-state index is 5.05. The normalized spacial score (nSPS) is 10.2. The molecule has 0 aliphatic heterocycles. The predicted molar refractivity (Wildman–Crippen MR) is 61.2 cm³/mol. The second-order valence-corrected chi connectivity index (χ2v) is 3.77. The van der Waals surface area contributed by atoms with Crippen LogP contribution in [0.5, 0.6) is 0 Å². The summed E-state index contributed by atoms with van der Waals surface area (Å²) in [6.07, 6.45) is 2.46. The monoisotopic (exact) mass is 217 g/mol. The molecule has 0 amide bonds. The van der Waals surface area contributed by atoms with E-state index in [4.69, 9.17) is 12.2 Å². The Bertz CT molecular complexity index is 505. The van der Waals surface area contributed by atoms with E-state index in [1.54, 1.807) is 6.20 Å². The molecule has 15 heavy (non-hydrogen) atoms. The number of nitrogens with zero attached hydrogens (tertiary/aromatic N) is 2. The minimum absolute atomic E-state index is 0.622. The van der Waals surface area contributed by atoms with Crippen LogP contribution in [0.25, 0.3) is 0 Å². The van der Waals surface area contributed by atoms with Crippen molar-refractivity contribution in [2.75, 3.05) is 0 Å². The molecule has 2 aromatic rings. The van der Waals surface area contributed by atoms with Crippen molar-refractivity contribution in [3.05, 3.63) is 52.3 Å². The van der Waals surface area contributed by atoms with E-state index < -0.39 is 0 Å². The SMILES string of the molecule is Cc1cc(=S)nc(Cc2ccccn2)[nH]1. The van der Waals surface area contributed by atoms with Gasteiger partial charge < -0.3 is 4.98 Å². The third-order valence-electron chi connectivity index (χ3n) is 2.00. The fourth-order valence-electron chi connectivity index (χ4n) is 1.40. The average Bonchev–Trinajstić information content (AvgIpc) is 2.17. The van der Waals surface area contributed by atoms with Gasteiger partial charge in [0.25, 0.3) is 0 Å². The summed E-state index contributed by atoms with van der Waals surface area (Å²) in [6, 6.07) is 7.68. The van der Waals surface area contributed by atoms with E-state index in [1.165, 1.54) is 0 Å². The van der Waals surface area contributed by atoms with Crippen LogP contribution in [0, 0.1) is 11.6 Å². The summed E-state index contributed by atoms with van der Waals surface area (Å²) >= 11 is 5.05. The Labute approximate surface area is 93.2 Å². The third kappa shape index (κ3) is 2.70. The van der Waals surface area contributed by atoms with Gasteiger partial charge in [0.1, 0.15) is 10.5 Å². The molecule has 0 aliphatic carbocycles. The lowest BCUT2D eigenvalue weighted by molar-refractivity contribution is 0.910. The number of aromatic amines is 1. The van der Waals surface area contributed by atoms with E-state index in [0.717, 1.165) is 17.2 Å². The molecule has 2 rings (SSSR count). The zero-order valence-electron chi connectivity index (χ0n) is 8.40. The molecule has 3 nitrogen and oxygen atoms in total. The Kier molecular flexibility index (Phi) is 2.87. The highest BCUT2D eigenvalue weighted by atomic mass is 32.1. The molecule has 0 aliphatic rings. The Hall–Kier alpha value is -1.55. The van der Waals surface area contributed by atoms with Crippen molar-refractivity contribution >= 4 is 12.2 Å². The summed E-state index contributed by atoms with van der Waals surface area (Å²) in [6.45, 7) is 1.97. The van der Waals surface area contributed by atoms with Crippen LogP contribution in [0.3, 0.4) is 0 Å². The van der Waals surface area contributed by atoms with Crippen LogP contribution in [-0.4, -0.2) is 15.0 Å². The topological polar surface area (TPSA) is 41.6 Å². The zero-order valence-corrected chi connectivity index (χ0v) is 9.21. The van der Waals surface area contributed by atoms with E-state index in [1.807, 2.05) is 31.2 Å². The number of hydrogen-bond donors (Lipinski definition) is 1. The quantitative estimate of drug-likeness (QED) is 0.785. The van der Waals surface area contributed by atoms with Gasteiger partial charge >= 0.3 is 0 Å². The molecule has 0 fully saturated rings. The van der Waals surface area contributed by atoms with Crippen molar-refractivity contribution in [2.45, 2.75) is 13.3 Å².